The van der Waals surface area contributed by atoms with Crippen molar-refractivity contribution in [2.45, 2.75) is 32.6 Å². The number of nitrogens with one attached hydrogen (secondary N) is 1. The monoisotopic (exact) mass is 261 g/mol. The number of anilines is 2. The fourth-order valence-corrected chi connectivity index (χ4v) is 2.57. The molecule has 0 unspecified atom stereocenters. The number of carbonyl (C=O) groups excluding carboxylic acids is 1. The second-order valence-corrected chi connectivity index (χ2v) is 5.04. The van der Waals surface area contributed by atoms with Crippen LogP contribution in [0.3, 0.4) is 0 Å². The Morgan fingerprint density at radius 1 is 1.26 bits per heavy atom. The lowest BCUT2D eigenvalue weighted by Crippen LogP contribution is -2.29. The minimum absolute atomic E-state index is 0.0123. The zero-order valence-corrected chi connectivity index (χ0v) is 11.6. The molecule has 1 fully saturated rings. The number of hydrogen-bond donors (Lipinski definition) is 2. The van der Waals surface area contributed by atoms with Crippen LogP contribution in [0, 0.1) is 0 Å². The first kappa shape index (κ1) is 13.7. The number of rotatable bonds is 3. The van der Waals surface area contributed by atoms with Gasteiger partial charge in [0.05, 0.1) is 11.3 Å². The molecule has 0 aromatic heterocycles. The Hall–Kier alpha value is -1.71. The third kappa shape index (κ3) is 3.40. The standard InChI is InChI=1S/C15H23N3O/c1-2-17-15(19)13-8-7-12(16)11-14(13)18-9-5-3-4-6-10-18/h7-8,11H,2-6,9-10,16H2,1H3,(H,17,19). The van der Waals surface area contributed by atoms with Gasteiger partial charge in [0.25, 0.3) is 5.91 Å². The van der Waals surface area contributed by atoms with Crippen LogP contribution in [0.5, 0.6) is 0 Å². The van der Waals surface area contributed by atoms with E-state index in [2.05, 4.69) is 10.2 Å². The number of nitrogen functional groups attached to an aromatic ring is 1. The summed E-state index contributed by atoms with van der Waals surface area (Å²) in [5, 5.41) is 2.87. The van der Waals surface area contributed by atoms with Crippen molar-refractivity contribution < 1.29 is 4.79 Å². The summed E-state index contributed by atoms with van der Waals surface area (Å²) >= 11 is 0. The summed E-state index contributed by atoms with van der Waals surface area (Å²) in [6, 6.07) is 5.56. The normalized spacial score (nSPS) is 15.9. The summed E-state index contributed by atoms with van der Waals surface area (Å²) in [7, 11) is 0. The zero-order valence-electron chi connectivity index (χ0n) is 11.6. The van der Waals surface area contributed by atoms with Crippen molar-refractivity contribution >= 4 is 17.3 Å². The molecule has 1 aliphatic heterocycles. The molecular formula is C15H23N3O. The molecule has 4 nitrogen and oxygen atoms in total. The number of carbonyl (C=O) groups is 1. The Bertz CT molecular complexity index is 437. The van der Waals surface area contributed by atoms with E-state index in [0.29, 0.717) is 12.2 Å². The molecule has 0 spiro atoms. The Balaban J connectivity index is 2.30. The van der Waals surface area contributed by atoms with Gasteiger partial charge in [-0.15, -0.1) is 0 Å². The molecule has 2 rings (SSSR count). The predicted octanol–water partition coefficient (Wildman–Crippen LogP) is 2.40. The van der Waals surface area contributed by atoms with E-state index >= 15 is 0 Å². The molecule has 0 radical (unpaired) electrons. The first-order valence-electron chi connectivity index (χ1n) is 7.15. The van der Waals surface area contributed by atoms with Crippen LogP contribution < -0.4 is 16.0 Å². The van der Waals surface area contributed by atoms with Crippen LogP contribution in [0.4, 0.5) is 11.4 Å². The lowest BCUT2D eigenvalue weighted by atomic mass is 10.1. The molecule has 1 amide bonds. The van der Waals surface area contributed by atoms with E-state index in [1.165, 1.54) is 25.7 Å². The summed E-state index contributed by atoms with van der Waals surface area (Å²) < 4.78 is 0. The van der Waals surface area contributed by atoms with Crippen molar-refractivity contribution in [3.8, 4) is 0 Å². The van der Waals surface area contributed by atoms with Gasteiger partial charge in [0.2, 0.25) is 0 Å². The average molecular weight is 261 g/mol. The highest BCUT2D eigenvalue weighted by Gasteiger charge is 2.17. The molecule has 3 N–H and O–H groups in total. The van der Waals surface area contributed by atoms with Crippen LogP contribution in [-0.4, -0.2) is 25.5 Å². The molecule has 0 aliphatic carbocycles. The molecule has 1 aliphatic rings. The molecule has 4 heteroatoms. The average Bonchev–Trinajstić information content (AvgIpc) is 2.67. The molecular weight excluding hydrogens is 238 g/mol. The summed E-state index contributed by atoms with van der Waals surface area (Å²) in [5.41, 5.74) is 8.32. The third-order valence-corrected chi connectivity index (χ3v) is 3.55. The Labute approximate surface area is 115 Å². The topological polar surface area (TPSA) is 58.4 Å². The SMILES string of the molecule is CCNC(=O)c1ccc(N)cc1N1CCCCCC1. The van der Waals surface area contributed by atoms with Gasteiger partial charge in [0.15, 0.2) is 0 Å². The molecule has 19 heavy (non-hydrogen) atoms. The molecule has 1 heterocycles. The van der Waals surface area contributed by atoms with Crippen molar-refractivity contribution in [2.24, 2.45) is 0 Å². The van der Waals surface area contributed by atoms with E-state index in [0.717, 1.165) is 24.3 Å². The van der Waals surface area contributed by atoms with Crippen molar-refractivity contribution in [1.82, 2.24) is 5.32 Å². The molecule has 0 bridgehead atoms. The maximum atomic E-state index is 12.1. The smallest absolute Gasteiger partial charge is 0.253 e. The number of benzene rings is 1. The number of amides is 1. The highest BCUT2D eigenvalue weighted by Crippen LogP contribution is 2.26. The number of nitrogens with two attached hydrogens (primary N) is 1. The van der Waals surface area contributed by atoms with Crippen molar-refractivity contribution in [3.05, 3.63) is 23.8 Å². The van der Waals surface area contributed by atoms with E-state index in [1.54, 1.807) is 6.07 Å². The summed E-state index contributed by atoms with van der Waals surface area (Å²) in [5.74, 6) is -0.0123. The number of hydrogen-bond acceptors (Lipinski definition) is 3. The predicted molar refractivity (Wildman–Crippen MR) is 79.5 cm³/mol. The van der Waals surface area contributed by atoms with Crippen molar-refractivity contribution in [2.75, 3.05) is 30.3 Å². The maximum absolute atomic E-state index is 12.1. The Kier molecular flexibility index (Phi) is 4.66. The first-order chi connectivity index (χ1) is 9.22. The summed E-state index contributed by atoms with van der Waals surface area (Å²) in [6.45, 7) is 4.59. The highest BCUT2D eigenvalue weighted by atomic mass is 16.1. The Morgan fingerprint density at radius 2 is 1.95 bits per heavy atom. The highest BCUT2D eigenvalue weighted by molar-refractivity contribution is 6.00. The van der Waals surface area contributed by atoms with Gasteiger partial charge in [-0.1, -0.05) is 12.8 Å². The lowest BCUT2D eigenvalue weighted by Gasteiger charge is -2.25. The molecule has 0 atom stereocenters. The Morgan fingerprint density at radius 3 is 2.58 bits per heavy atom. The summed E-state index contributed by atoms with van der Waals surface area (Å²) in [6.07, 6.45) is 4.91. The fourth-order valence-electron chi connectivity index (χ4n) is 2.57. The zero-order chi connectivity index (χ0) is 13.7. The van der Waals surface area contributed by atoms with Crippen molar-refractivity contribution in [3.63, 3.8) is 0 Å². The van der Waals surface area contributed by atoms with E-state index in [-0.39, 0.29) is 5.91 Å². The third-order valence-electron chi connectivity index (χ3n) is 3.55. The van der Waals surface area contributed by atoms with Crippen LogP contribution in [0.25, 0.3) is 0 Å². The molecule has 104 valence electrons. The van der Waals surface area contributed by atoms with Crippen LogP contribution >= 0.6 is 0 Å². The van der Waals surface area contributed by atoms with Gasteiger partial charge < -0.3 is 16.0 Å². The maximum Gasteiger partial charge on any atom is 0.253 e. The van der Waals surface area contributed by atoms with E-state index < -0.39 is 0 Å². The van der Waals surface area contributed by atoms with Crippen LogP contribution in [0.1, 0.15) is 43.0 Å². The van der Waals surface area contributed by atoms with Gasteiger partial charge in [-0.2, -0.15) is 0 Å². The van der Waals surface area contributed by atoms with E-state index in [1.807, 2.05) is 19.1 Å². The van der Waals surface area contributed by atoms with E-state index in [4.69, 9.17) is 5.73 Å². The van der Waals surface area contributed by atoms with Gasteiger partial charge in [-0.05, 0) is 38.0 Å². The molecule has 0 saturated carbocycles. The fraction of sp³-hybridized carbons (Fsp3) is 0.533. The minimum atomic E-state index is -0.0123. The lowest BCUT2D eigenvalue weighted by molar-refractivity contribution is 0.0956. The molecule has 1 aromatic carbocycles. The van der Waals surface area contributed by atoms with Gasteiger partial charge in [-0.3, -0.25) is 4.79 Å². The van der Waals surface area contributed by atoms with Gasteiger partial charge in [0, 0.05) is 25.3 Å². The second-order valence-electron chi connectivity index (χ2n) is 5.04. The van der Waals surface area contributed by atoms with Crippen LogP contribution in [0.15, 0.2) is 18.2 Å². The van der Waals surface area contributed by atoms with Crippen LogP contribution in [0.2, 0.25) is 0 Å². The van der Waals surface area contributed by atoms with Gasteiger partial charge >= 0.3 is 0 Å². The number of nitrogens with zero attached hydrogens (tertiary/aromatic N) is 1. The van der Waals surface area contributed by atoms with Crippen LogP contribution in [-0.2, 0) is 0 Å². The second kappa shape index (κ2) is 6.45. The summed E-state index contributed by atoms with van der Waals surface area (Å²) in [4.78, 5) is 14.4. The molecule has 1 aromatic rings. The van der Waals surface area contributed by atoms with Crippen molar-refractivity contribution in [1.29, 1.82) is 0 Å². The van der Waals surface area contributed by atoms with Gasteiger partial charge in [-0.25, -0.2) is 0 Å². The van der Waals surface area contributed by atoms with E-state index in [9.17, 15) is 4.79 Å². The molecule has 1 saturated heterocycles. The van der Waals surface area contributed by atoms with Gasteiger partial charge in [0.1, 0.15) is 0 Å². The first-order valence-corrected chi connectivity index (χ1v) is 7.15. The largest absolute Gasteiger partial charge is 0.399 e. The minimum Gasteiger partial charge on any atom is -0.399 e. The quantitative estimate of drug-likeness (QED) is 0.821.